The normalized spacial score (nSPS) is 18.2. The van der Waals surface area contributed by atoms with Crippen LogP contribution < -0.4 is 0 Å². The number of hydrogen-bond acceptors (Lipinski definition) is 4. The Balaban J connectivity index is 1.40. The Morgan fingerprint density at radius 2 is 2.04 bits per heavy atom. The zero-order valence-corrected chi connectivity index (χ0v) is 15.6. The summed E-state index contributed by atoms with van der Waals surface area (Å²) in [6.45, 7) is 6.64. The van der Waals surface area contributed by atoms with Gasteiger partial charge in [-0.25, -0.2) is 14.2 Å². The van der Waals surface area contributed by atoms with E-state index in [9.17, 15) is 9.18 Å². The number of rotatable bonds is 8. The van der Waals surface area contributed by atoms with E-state index in [4.69, 9.17) is 0 Å². The molecular weight excluding hydrogens is 345 g/mol. The number of hydrogen-bond donors (Lipinski definition) is 0. The van der Waals surface area contributed by atoms with Crippen LogP contribution in [-0.4, -0.2) is 71.4 Å². The molecular formula is C20H26FN5O. The molecule has 0 bridgehead atoms. The van der Waals surface area contributed by atoms with Crippen LogP contribution in [0.2, 0.25) is 0 Å². The number of pyridine rings is 1. The smallest absolute Gasteiger partial charge is 0.299 e. The lowest BCUT2D eigenvalue weighted by Crippen LogP contribution is -2.45. The molecule has 0 spiro atoms. The maximum absolute atomic E-state index is 12.6. The van der Waals surface area contributed by atoms with E-state index < -0.39 is 6.67 Å². The minimum atomic E-state index is -0.588. The Morgan fingerprint density at radius 3 is 2.74 bits per heavy atom. The van der Waals surface area contributed by atoms with Gasteiger partial charge in [-0.1, -0.05) is 18.7 Å². The molecule has 144 valence electrons. The summed E-state index contributed by atoms with van der Waals surface area (Å²) < 4.78 is 12.6. The second kappa shape index (κ2) is 9.41. The molecule has 0 aliphatic carbocycles. The molecule has 3 rings (SSSR count). The number of unbranched alkanes of at least 4 members (excludes halogenated alkanes) is 1. The third kappa shape index (κ3) is 5.01. The summed E-state index contributed by atoms with van der Waals surface area (Å²) in [6.07, 6.45) is 8.45. The average molecular weight is 371 g/mol. The predicted octanol–water partition coefficient (Wildman–Crippen LogP) is 3.16. The summed E-state index contributed by atoms with van der Waals surface area (Å²) in [6, 6.07) is 5.71. The molecule has 2 aliphatic heterocycles. The van der Waals surface area contributed by atoms with E-state index >= 15 is 0 Å². The van der Waals surface area contributed by atoms with Gasteiger partial charge in [0.05, 0.1) is 24.2 Å². The van der Waals surface area contributed by atoms with Crippen LogP contribution in [-0.2, 0) is 0 Å². The van der Waals surface area contributed by atoms with E-state index in [-0.39, 0.29) is 12.6 Å². The van der Waals surface area contributed by atoms with Crippen molar-refractivity contribution < 1.29 is 9.18 Å². The number of carbonyl (C=O) groups is 1. The highest BCUT2D eigenvalue weighted by atomic mass is 19.1. The molecule has 0 unspecified atom stereocenters. The van der Waals surface area contributed by atoms with Gasteiger partial charge in [0.2, 0.25) is 0 Å². The van der Waals surface area contributed by atoms with Crippen LogP contribution in [0.4, 0.5) is 9.18 Å². The highest BCUT2D eigenvalue weighted by molar-refractivity contribution is 5.90. The number of amides is 2. The fraction of sp³-hybridized carbons (Fsp3) is 0.450. The molecule has 3 heterocycles. The van der Waals surface area contributed by atoms with Crippen LogP contribution >= 0.6 is 0 Å². The number of alkyl halides is 1. The Hall–Kier alpha value is -2.54. The SMILES string of the molecule is C=C1C=NN(CCCCN2CC=C(c3ccccn3)CC2)C(=O)N1CCF. The van der Waals surface area contributed by atoms with Crippen LogP contribution in [0.1, 0.15) is 25.0 Å². The van der Waals surface area contributed by atoms with E-state index in [1.54, 1.807) is 0 Å². The molecule has 0 N–H and O–H groups in total. The van der Waals surface area contributed by atoms with Crippen LogP contribution in [0.5, 0.6) is 0 Å². The monoisotopic (exact) mass is 371 g/mol. The Labute approximate surface area is 159 Å². The molecule has 2 aliphatic rings. The molecule has 0 saturated carbocycles. The van der Waals surface area contributed by atoms with E-state index in [1.807, 2.05) is 18.3 Å². The van der Waals surface area contributed by atoms with Gasteiger partial charge in [-0.15, -0.1) is 0 Å². The Morgan fingerprint density at radius 1 is 1.19 bits per heavy atom. The highest BCUT2D eigenvalue weighted by Crippen LogP contribution is 2.20. The van der Waals surface area contributed by atoms with Crippen LogP contribution in [0, 0.1) is 0 Å². The van der Waals surface area contributed by atoms with Gasteiger partial charge in [0, 0.05) is 25.8 Å². The lowest BCUT2D eigenvalue weighted by atomic mass is 10.0. The second-order valence-corrected chi connectivity index (χ2v) is 6.68. The van der Waals surface area contributed by atoms with Crippen molar-refractivity contribution in [2.75, 3.05) is 39.4 Å². The van der Waals surface area contributed by atoms with Crippen molar-refractivity contribution >= 4 is 17.8 Å². The van der Waals surface area contributed by atoms with Crippen LogP contribution in [0.15, 0.2) is 47.8 Å². The van der Waals surface area contributed by atoms with Crippen LogP contribution in [0.3, 0.4) is 0 Å². The molecule has 2 amide bonds. The molecule has 0 radical (unpaired) electrons. The number of carbonyl (C=O) groups excluding carboxylic acids is 1. The molecule has 0 saturated heterocycles. The fourth-order valence-electron chi connectivity index (χ4n) is 3.29. The third-order valence-corrected chi connectivity index (χ3v) is 4.83. The molecule has 27 heavy (non-hydrogen) atoms. The molecule has 0 atom stereocenters. The first-order valence-corrected chi connectivity index (χ1v) is 9.39. The number of allylic oxidation sites excluding steroid dienone is 1. The predicted molar refractivity (Wildman–Crippen MR) is 105 cm³/mol. The molecule has 0 aromatic carbocycles. The van der Waals surface area contributed by atoms with E-state index in [0.29, 0.717) is 12.2 Å². The summed E-state index contributed by atoms with van der Waals surface area (Å²) >= 11 is 0. The van der Waals surface area contributed by atoms with E-state index in [0.717, 1.165) is 44.6 Å². The zero-order chi connectivity index (χ0) is 19.1. The first-order chi connectivity index (χ1) is 13.2. The van der Waals surface area contributed by atoms with Gasteiger partial charge in [0.15, 0.2) is 0 Å². The molecule has 1 aromatic rings. The highest BCUT2D eigenvalue weighted by Gasteiger charge is 2.25. The number of nitrogens with zero attached hydrogens (tertiary/aromatic N) is 5. The quantitative estimate of drug-likeness (QED) is 0.660. The first-order valence-electron chi connectivity index (χ1n) is 9.39. The van der Waals surface area contributed by atoms with Gasteiger partial charge in [0.1, 0.15) is 6.67 Å². The molecule has 7 heteroatoms. The molecule has 0 fully saturated rings. The first kappa shape index (κ1) is 19.2. The summed E-state index contributed by atoms with van der Waals surface area (Å²) in [5, 5.41) is 5.52. The summed E-state index contributed by atoms with van der Waals surface area (Å²) in [4.78, 5) is 20.4. The largest absolute Gasteiger partial charge is 0.344 e. The number of halogens is 1. The number of aromatic nitrogens is 1. The number of hydrazone groups is 1. The van der Waals surface area contributed by atoms with E-state index in [1.165, 1.54) is 21.7 Å². The maximum atomic E-state index is 12.6. The molecule has 1 aromatic heterocycles. The van der Waals surface area contributed by atoms with Crippen molar-refractivity contribution in [3.8, 4) is 0 Å². The van der Waals surface area contributed by atoms with Crippen molar-refractivity contribution in [1.29, 1.82) is 0 Å². The minimum Gasteiger partial charge on any atom is -0.299 e. The third-order valence-electron chi connectivity index (χ3n) is 4.83. The van der Waals surface area contributed by atoms with Crippen molar-refractivity contribution in [1.82, 2.24) is 19.8 Å². The number of urea groups is 1. The zero-order valence-electron chi connectivity index (χ0n) is 15.6. The van der Waals surface area contributed by atoms with Gasteiger partial charge in [-0.2, -0.15) is 5.10 Å². The average Bonchev–Trinajstić information content (AvgIpc) is 2.71. The van der Waals surface area contributed by atoms with Gasteiger partial charge in [-0.3, -0.25) is 14.8 Å². The topological polar surface area (TPSA) is 52.0 Å². The fourth-order valence-corrected chi connectivity index (χ4v) is 3.29. The van der Waals surface area contributed by atoms with Crippen LogP contribution in [0.25, 0.3) is 5.57 Å². The second-order valence-electron chi connectivity index (χ2n) is 6.68. The van der Waals surface area contributed by atoms with Crippen molar-refractivity contribution in [3.05, 3.63) is 48.4 Å². The lowest BCUT2D eigenvalue weighted by molar-refractivity contribution is 0.160. The van der Waals surface area contributed by atoms with Gasteiger partial charge < -0.3 is 0 Å². The Bertz CT molecular complexity index is 718. The minimum absolute atomic E-state index is 0.0267. The van der Waals surface area contributed by atoms with Crippen molar-refractivity contribution in [2.45, 2.75) is 19.3 Å². The van der Waals surface area contributed by atoms with Crippen molar-refractivity contribution in [3.63, 3.8) is 0 Å². The summed E-state index contributed by atoms with van der Waals surface area (Å²) in [7, 11) is 0. The van der Waals surface area contributed by atoms with Crippen molar-refractivity contribution in [2.24, 2.45) is 5.10 Å². The summed E-state index contributed by atoms with van der Waals surface area (Å²) in [5.74, 6) is 0. The van der Waals surface area contributed by atoms with Gasteiger partial charge in [0.25, 0.3) is 0 Å². The van der Waals surface area contributed by atoms with Gasteiger partial charge >= 0.3 is 6.03 Å². The van der Waals surface area contributed by atoms with E-state index in [2.05, 4.69) is 33.7 Å². The molecule has 6 nitrogen and oxygen atoms in total. The van der Waals surface area contributed by atoms with Gasteiger partial charge in [-0.05, 0) is 43.5 Å². The Kier molecular flexibility index (Phi) is 6.70. The maximum Gasteiger partial charge on any atom is 0.344 e. The lowest BCUT2D eigenvalue weighted by Gasteiger charge is -2.31. The standard InChI is InChI=1S/C20H26FN5O/c1-17-16-23-26(20(27)25(17)15-9-21)12-5-4-11-24-13-7-18(8-14-24)19-6-2-3-10-22-19/h2-3,6-7,10,16H,1,4-5,8-9,11-15H2. The summed E-state index contributed by atoms with van der Waals surface area (Å²) in [5.41, 5.74) is 2.82.